The molecule has 0 bridgehead atoms. The number of ether oxygens (including phenoxy) is 1. The van der Waals surface area contributed by atoms with E-state index in [1.807, 2.05) is 13.8 Å². The highest BCUT2D eigenvalue weighted by Crippen LogP contribution is 2.39. The monoisotopic (exact) mass is 395 g/mol. The van der Waals surface area contributed by atoms with Gasteiger partial charge in [0.25, 0.3) is 0 Å². The second-order valence-corrected chi connectivity index (χ2v) is 9.91. The Morgan fingerprint density at radius 1 is 1.19 bits per heavy atom. The van der Waals surface area contributed by atoms with Gasteiger partial charge >= 0.3 is 5.97 Å². The number of amides is 1. The molecule has 1 aromatic heterocycles. The number of nitrogens with one attached hydrogen (secondary N) is 1. The van der Waals surface area contributed by atoms with Crippen LogP contribution in [0.3, 0.4) is 0 Å². The molecule has 0 aromatic carbocycles. The van der Waals surface area contributed by atoms with E-state index >= 15 is 0 Å². The van der Waals surface area contributed by atoms with Gasteiger partial charge < -0.3 is 10.1 Å². The molecule has 1 amide bonds. The Morgan fingerprint density at radius 3 is 2.65 bits per heavy atom. The zero-order valence-corrected chi connectivity index (χ0v) is 17.4. The fraction of sp³-hybridized carbons (Fsp3) is 0.700. The molecule has 3 rings (SSSR count). The lowest BCUT2D eigenvalue weighted by Crippen LogP contribution is -2.26. The third-order valence-corrected chi connectivity index (χ3v) is 7.89. The second-order valence-electron chi connectivity index (χ2n) is 7.16. The first kappa shape index (κ1) is 19.7. The van der Waals surface area contributed by atoms with Crippen LogP contribution in [0.1, 0.15) is 79.6 Å². The number of thioether (sulfide) groups is 1. The minimum absolute atomic E-state index is 0.00437. The molecule has 1 aromatic rings. The molecule has 0 radical (unpaired) electrons. The fourth-order valence-electron chi connectivity index (χ4n) is 3.84. The van der Waals surface area contributed by atoms with E-state index in [0.717, 1.165) is 31.2 Å². The highest BCUT2D eigenvalue weighted by molar-refractivity contribution is 8.01. The molecular formula is C20H29NO3S2. The van der Waals surface area contributed by atoms with Crippen molar-refractivity contribution in [3.05, 3.63) is 16.0 Å². The van der Waals surface area contributed by atoms with Crippen LogP contribution >= 0.6 is 23.1 Å². The molecule has 0 saturated heterocycles. The summed E-state index contributed by atoms with van der Waals surface area (Å²) in [5.74, 6) is -0.292. The zero-order chi connectivity index (χ0) is 18.5. The van der Waals surface area contributed by atoms with Crippen molar-refractivity contribution in [2.45, 2.75) is 82.1 Å². The number of anilines is 1. The standard InChI is InChI=1S/C20H29NO3S2/c1-3-24-20(23)17-15-11-7-8-12-16(15)26-19(17)21-18(22)13(2)25-14-9-5-4-6-10-14/h13-14H,3-12H2,1-2H3,(H,21,22). The molecule has 144 valence electrons. The van der Waals surface area contributed by atoms with Crippen molar-refractivity contribution in [2.75, 3.05) is 11.9 Å². The summed E-state index contributed by atoms with van der Waals surface area (Å²) in [7, 11) is 0. The summed E-state index contributed by atoms with van der Waals surface area (Å²) in [6.07, 6.45) is 10.4. The van der Waals surface area contributed by atoms with Crippen LogP contribution < -0.4 is 5.32 Å². The Hall–Kier alpha value is -1.01. The number of esters is 1. The van der Waals surface area contributed by atoms with E-state index in [2.05, 4.69) is 5.32 Å². The lowest BCUT2D eigenvalue weighted by Gasteiger charge is -2.23. The van der Waals surface area contributed by atoms with Crippen LogP contribution in [-0.4, -0.2) is 29.0 Å². The van der Waals surface area contributed by atoms with E-state index < -0.39 is 0 Å². The van der Waals surface area contributed by atoms with Crippen molar-refractivity contribution in [2.24, 2.45) is 0 Å². The minimum atomic E-state index is -0.296. The molecule has 0 aliphatic heterocycles. The maximum absolute atomic E-state index is 12.8. The highest BCUT2D eigenvalue weighted by Gasteiger charge is 2.29. The number of fused-ring (bicyclic) bond motifs is 1. The van der Waals surface area contributed by atoms with E-state index in [1.165, 1.54) is 37.0 Å². The normalized spacial score (nSPS) is 18.8. The lowest BCUT2D eigenvalue weighted by atomic mass is 9.95. The van der Waals surface area contributed by atoms with Gasteiger partial charge in [0, 0.05) is 10.1 Å². The summed E-state index contributed by atoms with van der Waals surface area (Å²) in [5.41, 5.74) is 1.71. The number of rotatable bonds is 6. The number of carbonyl (C=O) groups is 2. The number of aryl methyl sites for hydroxylation is 1. The zero-order valence-electron chi connectivity index (χ0n) is 15.8. The van der Waals surface area contributed by atoms with Crippen LogP contribution in [-0.2, 0) is 22.4 Å². The van der Waals surface area contributed by atoms with E-state index in [4.69, 9.17) is 4.74 Å². The molecule has 1 N–H and O–H groups in total. The Kier molecular flexibility index (Phi) is 7.04. The molecular weight excluding hydrogens is 366 g/mol. The van der Waals surface area contributed by atoms with Gasteiger partial charge in [-0.3, -0.25) is 4.79 Å². The number of hydrogen-bond acceptors (Lipinski definition) is 5. The van der Waals surface area contributed by atoms with E-state index in [9.17, 15) is 9.59 Å². The van der Waals surface area contributed by atoms with Crippen LogP contribution in [0.4, 0.5) is 5.00 Å². The number of carbonyl (C=O) groups excluding carboxylic acids is 2. The Labute approximate surface area is 164 Å². The van der Waals surface area contributed by atoms with Gasteiger partial charge in [-0.2, -0.15) is 0 Å². The number of thiophene rings is 1. The smallest absolute Gasteiger partial charge is 0.341 e. The largest absolute Gasteiger partial charge is 0.462 e. The topological polar surface area (TPSA) is 55.4 Å². The summed E-state index contributed by atoms with van der Waals surface area (Å²) in [4.78, 5) is 26.5. The van der Waals surface area contributed by atoms with Crippen LogP contribution in [0.5, 0.6) is 0 Å². The van der Waals surface area contributed by atoms with Crippen molar-refractivity contribution in [3.8, 4) is 0 Å². The summed E-state index contributed by atoms with van der Waals surface area (Å²) >= 11 is 3.35. The molecule has 1 fully saturated rings. The molecule has 6 heteroatoms. The summed E-state index contributed by atoms with van der Waals surface area (Å²) in [6, 6.07) is 0. The lowest BCUT2D eigenvalue weighted by molar-refractivity contribution is -0.115. The van der Waals surface area contributed by atoms with Gasteiger partial charge in [-0.15, -0.1) is 23.1 Å². The first-order valence-electron chi connectivity index (χ1n) is 9.88. The summed E-state index contributed by atoms with van der Waals surface area (Å²) < 4.78 is 5.27. The van der Waals surface area contributed by atoms with Crippen molar-refractivity contribution in [1.29, 1.82) is 0 Å². The van der Waals surface area contributed by atoms with Crippen LogP contribution in [0.25, 0.3) is 0 Å². The van der Waals surface area contributed by atoms with E-state index in [0.29, 0.717) is 22.4 Å². The van der Waals surface area contributed by atoms with Crippen LogP contribution in [0, 0.1) is 0 Å². The molecule has 1 unspecified atom stereocenters. The van der Waals surface area contributed by atoms with Gasteiger partial charge in [0.05, 0.1) is 17.4 Å². The van der Waals surface area contributed by atoms with E-state index in [-0.39, 0.29) is 17.1 Å². The highest BCUT2D eigenvalue weighted by atomic mass is 32.2. The Morgan fingerprint density at radius 2 is 1.92 bits per heavy atom. The van der Waals surface area contributed by atoms with Crippen molar-refractivity contribution < 1.29 is 14.3 Å². The van der Waals surface area contributed by atoms with Crippen molar-refractivity contribution in [1.82, 2.24) is 0 Å². The van der Waals surface area contributed by atoms with Crippen LogP contribution in [0.2, 0.25) is 0 Å². The third-order valence-electron chi connectivity index (χ3n) is 5.21. The molecule has 4 nitrogen and oxygen atoms in total. The summed E-state index contributed by atoms with van der Waals surface area (Å²) in [6.45, 7) is 4.15. The summed E-state index contributed by atoms with van der Waals surface area (Å²) in [5, 5.41) is 4.23. The average molecular weight is 396 g/mol. The van der Waals surface area contributed by atoms with Crippen LogP contribution in [0.15, 0.2) is 0 Å². The Bertz CT molecular complexity index is 650. The maximum Gasteiger partial charge on any atom is 0.341 e. The predicted molar refractivity (Wildman–Crippen MR) is 109 cm³/mol. The molecule has 1 saturated carbocycles. The third kappa shape index (κ3) is 4.63. The molecule has 26 heavy (non-hydrogen) atoms. The predicted octanol–water partition coefficient (Wildman–Crippen LogP) is 5.20. The van der Waals surface area contributed by atoms with Gasteiger partial charge in [0.1, 0.15) is 5.00 Å². The van der Waals surface area contributed by atoms with Crippen molar-refractivity contribution >= 4 is 40.0 Å². The van der Waals surface area contributed by atoms with Crippen molar-refractivity contribution in [3.63, 3.8) is 0 Å². The number of hydrogen-bond donors (Lipinski definition) is 1. The fourth-order valence-corrected chi connectivity index (χ4v) is 6.48. The van der Waals surface area contributed by atoms with Gasteiger partial charge in [-0.1, -0.05) is 19.3 Å². The van der Waals surface area contributed by atoms with Gasteiger partial charge in [0.15, 0.2) is 0 Å². The molecule has 0 spiro atoms. The second kappa shape index (κ2) is 9.27. The molecule has 2 aliphatic rings. The first-order valence-corrected chi connectivity index (χ1v) is 11.6. The molecule has 1 heterocycles. The van der Waals surface area contributed by atoms with E-state index in [1.54, 1.807) is 23.1 Å². The molecule has 2 aliphatic carbocycles. The average Bonchev–Trinajstić information content (AvgIpc) is 3.00. The first-order chi connectivity index (χ1) is 12.6. The molecule has 1 atom stereocenters. The minimum Gasteiger partial charge on any atom is -0.462 e. The van der Waals surface area contributed by atoms with Gasteiger partial charge in [-0.05, 0) is 57.9 Å². The Balaban J connectivity index is 1.72. The quantitative estimate of drug-likeness (QED) is 0.673. The maximum atomic E-state index is 12.8. The van der Waals surface area contributed by atoms with Gasteiger partial charge in [-0.25, -0.2) is 4.79 Å². The SMILES string of the molecule is CCOC(=O)c1c(NC(=O)C(C)SC2CCCCC2)sc2c1CCCC2. The van der Waals surface area contributed by atoms with Gasteiger partial charge in [0.2, 0.25) is 5.91 Å².